The van der Waals surface area contributed by atoms with Crippen molar-refractivity contribution in [3.63, 3.8) is 0 Å². The molecule has 5 nitrogen and oxygen atoms in total. The smallest absolute Gasteiger partial charge is 0.224 e. The minimum absolute atomic E-state index is 0.0346. The van der Waals surface area contributed by atoms with Gasteiger partial charge in [0.25, 0.3) is 0 Å². The first-order valence-electron chi connectivity index (χ1n) is 8.44. The summed E-state index contributed by atoms with van der Waals surface area (Å²) in [6.07, 6.45) is 1.11. The zero-order chi connectivity index (χ0) is 17.8. The maximum absolute atomic E-state index is 12.3. The highest BCUT2D eigenvalue weighted by Crippen LogP contribution is 2.34. The fraction of sp³-hybridized carbons (Fsp3) is 0.300. The molecule has 0 spiro atoms. The third-order valence-electron chi connectivity index (χ3n) is 4.37. The fourth-order valence-electron chi connectivity index (χ4n) is 2.98. The number of hydrogen-bond donors (Lipinski definition) is 1. The van der Waals surface area contributed by atoms with Crippen LogP contribution in [0.25, 0.3) is 0 Å². The SMILES string of the molecule is CC(=O)N1CCOc2ccc(NC(=O)CCc3ccccc3C)cc21. The summed E-state index contributed by atoms with van der Waals surface area (Å²) in [6.45, 7) is 4.58. The molecule has 0 unspecified atom stereocenters. The van der Waals surface area contributed by atoms with Gasteiger partial charge < -0.3 is 15.0 Å². The molecule has 2 aromatic rings. The molecule has 2 amide bonds. The first kappa shape index (κ1) is 17.0. The lowest BCUT2D eigenvalue weighted by Crippen LogP contribution is -2.36. The number of ether oxygens (including phenoxy) is 1. The summed E-state index contributed by atoms with van der Waals surface area (Å²) < 4.78 is 5.58. The Bertz CT molecular complexity index is 801. The van der Waals surface area contributed by atoms with Crippen molar-refractivity contribution in [3.05, 3.63) is 53.6 Å². The lowest BCUT2D eigenvalue weighted by atomic mass is 10.0. The van der Waals surface area contributed by atoms with E-state index in [1.165, 1.54) is 18.1 Å². The highest BCUT2D eigenvalue weighted by atomic mass is 16.5. The molecule has 0 aromatic heterocycles. The number of aryl methyl sites for hydroxylation is 2. The van der Waals surface area contributed by atoms with E-state index in [1.807, 2.05) is 31.2 Å². The predicted octanol–water partition coefficient (Wildman–Crippen LogP) is 3.31. The van der Waals surface area contributed by atoms with Crippen molar-refractivity contribution in [2.24, 2.45) is 0 Å². The van der Waals surface area contributed by atoms with Crippen molar-refractivity contribution < 1.29 is 14.3 Å². The van der Waals surface area contributed by atoms with E-state index in [1.54, 1.807) is 23.1 Å². The van der Waals surface area contributed by atoms with Gasteiger partial charge in [-0.15, -0.1) is 0 Å². The molecule has 1 aliphatic rings. The summed E-state index contributed by atoms with van der Waals surface area (Å²) in [4.78, 5) is 25.7. The molecule has 0 fully saturated rings. The van der Waals surface area contributed by atoms with Crippen LogP contribution >= 0.6 is 0 Å². The van der Waals surface area contributed by atoms with Crippen molar-refractivity contribution in [1.29, 1.82) is 0 Å². The molecule has 2 aromatic carbocycles. The van der Waals surface area contributed by atoms with Crippen LogP contribution in [0.2, 0.25) is 0 Å². The summed E-state index contributed by atoms with van der Waals surface area (Å²) >= 11 is 0. The van der Waals surface area contributed by atoms with Crippen LogP contribution in [-0.4, -0.2) is 25.0 Å². The molecule has 1 N–H and O–H groups in total. The van der Waals surface area contributed by atoms with E-state index in [4.69, 9.17) is 4.74 Å². The average Bonchev–Trinajstić information content (AvgIpc) is 2.60. The third kappa shape index (κ3) is 3.99. The monoisotopic (exact) mass is 338 g/mol. The largest absolute Gasteiger partial charge is 0.490 e. The number of carbonyl (C=O) groups excluding carboxylic acids is 2. The Morgan fingerprint density at radius 1 is 1.20 bits per heavy atom. The fourth-order valence-corrected chi connectivity index (χ4v) is 2.98. The second-order valence-electron chi connectivity index (χ2n) is 6.18. The average molecular weight is 338 g/mol. The number of fused-ring (bicyclic) bond motifs is 1. The minimum Gasteiger partial charge on any atom is -0.490 e. The second-order valence-corrected chi connectivity index (χ2v) is 6.18. The number of anilines is 2. The molecule has 130 valence electrons. The number of benzene rings is 2. The first-order chi connectivity index (χ1) is 12.0. The zero-order valence-electron chi connectivity index (χ0n) is 14.5. The Labute approximate surface area is 147 Å². The van der Waals surface area contributed by atoms with Gasteiger partial charge in [-0.25, -0.2) is 0 Å². The maximum atomic E-state index is 12.3. The van der Waals surface area contributed by atoms with Crippen molar-refractivity contribution in [1.82, 2.24) is 0 Å². The Morgan fingerprint density at radius 2 is 2.00 bits per heavy atom. The van der Waals surface area contributed by atoms with Crippen LogP contribution in [0.15, 0.2) is 42.5 Å². The second kappa shape index (κ2) is 7.38. The van der Waals surface area contributed by atoms with E-state index < -0.39 is 0 Å². The van der Waals surface area contributed by atoms with Crippen molar-refractivity contribution in [2.45, 2.75) is 26.7 Å². The molecule has 0 atom stereocenters. The molecule has 0 saturated heterocycles. The Hall–Kier alpha value is -2.82. The molecular formula is C20H22N2O3. The number of nitrogens with one attached hydrogen (secondary N) is 1. The highest BCUT2D eigenvalue weighted by Gasteiger charge is 2.21. The van der Waals surface area contributed by atoms with Crippen molar-refractivity contribution in [2.75, 3.05) is 23.4 Å². The zero-order valence-corrected chi connectivity index (χ0v) is 14.5. The number of nitrogens with zero attached hydrogens (tertiary/aromatic N) is 1. The molecule has 1 heterocycles. The molecular weight excluding hydrogens is 316 g/mol. The van der Waals surface area contributed by atoms with Crippen molar-refractivity contribution in [3.8, 4) is 5.75 Å². The maximum Gasteiger partial charge on any atom is 0.224 e. The van der Waals surface area contributed by atoms with Crippen molar-refractivity contribution >= 4 is 23.2 Å². The number of hydrogen-bond acceptors (Lipinski definition) is 3. The van der Waals surface area contributed by atoms with Crippen LogP contribution in [0.4, 0.5) is 11.4 Å². The van der Waals surface area contributed by atoms with Gasteiger partial charge in [0, 0.05) is 19.0 Å². The quantitative estimate of drug-likeness (QED) is 0.930. The summed E-state index contributed by atoms with van der Waals surface area (Å²) in [5.74, 6) is 0.584. The van der Waals surface area contributed by atoms with Crippen LogP contribution in [0.5, 0.6) is 5.75 Å². The molecule has 0 aliphatic carbocycles. The van der Waals surface area contributed by atoms with Crippen LogP contribution in [0.3, 0.4) is 0 Å². The predicted molar refractivity (Wildman–Crippen MR) is 98.1 cm³/mol. The topological polar surface area (TPSA) is 58.6 Å². The summed E-state index contributed by atoms with van der Waals surface area (Å²) in [7, 11) is 0. The molecule has 3 rings (SSSR count). The molecule has 1 aliphatic heterocycles. The van der Waals surface area contributed by atoms with Gasteiger partial charge in [0.05, 0.1) is 12.2 Å². The van der Waals surface area contributed by atoms with Gasteiger partial charge in [0.1, 0.15) is 12.4 Å². The van der Waals surface area contributed by atoms with Gasteiger partial charge in [0.15, 0.2) is 0 Å². The standard InChI is InChI=1S/C20H22N2O3/c1-14-5-3-4-6-16(14)7-10-20(24)21-17-8-9-19-18(13-17)22(15(2)23)11-12-25-19/h3-6,8-9,13H,7,10-12H2,1-2H3,(H,21,24). The van der Waals surface area contributed by atoms with E-state index in [-0.39, 0.29) is 11.8 Å². The first-order valence-corrected chi connectivity index (χ1v) is 8.44. The molecule has 5 heteroatoms. The van der Waals surface area contributed by atoms with Gasteiger partial charge in [-0.05, 0) is 42.7 Å². The number of rotatable bonds is 4. The summed E-state index contributed by atoms with van der Waals surface area (Å²) in [5, 5.41) is 2.91. The molecule has 0 radical (unpaired) electrons. The van der Waals surface area contributed by atoms with E-state index in [0.717, 1.165) is 0 Å². The van der Waals surface area contributed by atoms with Crippen LogP contribution < -0.4 is 15.0 Å². The van der Waals surface area contributed by atoms with E-state index in [2.05, 4.69) is 5.32 Å². The summed E-state index contributed by atoms with van der Waals surface area (Å²) in [6, 6.07) is 13.5. The van der Waals surface area contributed by atoms with Crippen LogP contribution in [0, 0.1) is 6.92 Å². The third-order valence-corrected chi connectivity index (χ3v) is 4.37. The Morgan fingerprint density at radius 3 is 2.76 bits per heavy atom. The minimum atomic E-state index is -0.0469. The lowest BCUT2D eigenvalue weighted by molar-refractivity contribution is -0.117. The lowest BCUT2D eigenvalue weighted by Gasteiger charge is -2.29. The van der Waals surface area contributed by atoms with Gasteiger partial charge in [-0.1, -0.05) is 24.3 Å². The Kier molecular flexibility index (Phi) is 5.03. The van der Waals surface area contributed by atoms with Gasteiger partial charge in [-0.3, -0.25) is 9.59 Å². The van der Waals surface area contributed by atoms with Gasteiger partial charge >= 0.3 is 0 Å². The van der Waals surface area contributed by atoms with Crippen LogP contribution in [-0.2, 0) is 16.0 Å². The Balaban J connectivity index is 1.67. The highest BCUT2D eigenvalue weighted by molar-refractivity contribution is 5.96. The van der Waals surface area contributed by atoms with E-state index in [9.17, 15) is 9.59 Å². The summed E-state index contributed by atoms with van der Waals surface area (Å²) in [5.41, 5.74) is 3.75. The number of amides is 2. The molecule has 0 bridgehead atoms. The normalized spacial score (nSPS) is 13.0. The molecule has 25 heavy (non-hydrogen) atoms. The van der Waals surface area contributed by atoms with Gasteiger partial charge in [0.2, 0.25) is 11.8 Å². The van der Waals surface area contributed by atoms with Gasteiger partial charge in [-0.2, -0.15) is 0 Å². The molecule has 0 saturated carbocycles. The van der Waals surface area contributed by atoms with E-state index >= 15 is 0 Å². The van der Waals surface area contributed by atoms with E-state index in [0.29, 0.717) is 43.1 Å². The number of carbonyl (C=O) groups is 2. The van der Waals surface area contributed by atoms with Crippen LogP contribution in [0.1, 0.15) is 24.5 Å².